The molecule has 1 amide bonds. The molecule has 3 atom stereocenters. The Morgan fingerprint density at radius 3 is 2.76 bits per heavy atom. The largest absolute Gasteiger partial charge is 0.391 e. The van der Waals surface area contributed by atoms with Gasteiger partial charge in [-0.25, -0.2) is 0 Å². The van der Waals surface area contributed by atoms with Gasteiger partial charge in [-0.1, -0.05) is 6.92 Å². The van der Waals surface area contributed by atoms with Gasteiger partial charge in [0.25, 0.3) is 0 Å². The van der Waals surface area contributed by atoms with Crippen molar-refractivity contribution in [2.45, 2.75) is 31.9 Å². The Morgan fingerprint density at radius 2 is 2.29 bits per heavy atom. The van der Waals surface area contributed by atoms with Crippen molar-refractivity contribution in [3.8, 4) is 6.07 Å². The van der Waals surface area contributed by atoms with Crippen LogP contribution in [-0.2, 0) is 4.79 Å². The first kappa shape index (κ1) is 13.9. The van der Waals surface area contributed by atoms with Crippen LogP contribution in [0.15, 0.2) is 0 Å². The first-order chi connectivity index (χ1) is 7.99. The topological polar surface area (TPSA) is 67.6 Å². The molecule has 1 heterocycles. The van der Waals surface area contributed by atoms with E-state index >= 15 is 0 Å². The number of rotatable bonds is 4. The molecular weight excluding hydrogens is 218 g/mol. The second-order valence-corrected chi connectivity index (χ2v) is 4.89. The van der Waals surface area contributed by atoms with Crippen LogP contribution < -0.4 is 0 Å². The molecule has 0 aromatic carbocycles. The van der Waals surface area contributed by atoms with E-state index in [1.807, 2.05) is 32.0 Å². The number of hydrogen-bond acceptors (Lipinski definition) is 4. The van der Waals surface area contributed by atoms with Gasteiger partial charge in [-0.05, 0) is 26.9 Å². The van der Waals surface area contributed by atoms with Crippen LogP contribution in [0.5, 0.6) is 0 Å². The molecule has 1 fully saturated rings. The Bertz CT molecular complexity index is 311. The van der Waals surface area contributed by atoms with Crippen LogP contribution in [0.25, 0.3) is 0 Å². The third-order valence-electron chi connectivity index (χ3n) is 3.11. The van der Waals surface area contributed by atoms with Gasteiger partial charge in [-0.2, -0.15) is 5.26 Å². The molecule has 0 spiro atoms. The maximum atomic E-state index is 12.1. The van der Waals surface area contributed by atoms with Gasteiger partial charge in [-0.15, -0.1) is 0 Å². The number of carbonyl (C=O) groups is 1. The summed E-state index contributed by atoms with van der Waals surface area (Å²) >= 11 is 0. The summed E-state index contributed by atoms with van der Waals surface area (Å²) < 4.78 is 0. The minimum Gasteiger partial charge on any atom is -0.391 e. The molecule has 1 rings (SSSR count). The van der Waals surface area contributed by atoms with Crippen LogP contribution in [-0.4, -0.2) is 60.1 Å². The van der Waals surface area contributed by atoms with Gasteiger partial charge in [0.2, 0.25) is 5.91 Å². The minimum absolute atomic E-state index is 0.0231. The van der Waals surface area contributed by atoms with Gasteiger partial charge >= 0.3 is 0 Å². The lowest BCUT2D eigenvalue weighted by molar-refractivity contribution is -0.135. The summed E-state index contributed by atoms with van der Waals surface area (Å²) in [5.74, 6) is -0.719. The standard InChI is InChI=1S/C12H21N3O2/c1-4-9(6-13)12(17)15-8-11(16)5-10(15)7-14(2)3/h9-11,16H,4-5,7-8H2,1-3H3. The highest BCUT2D eigenvalue weighted by Crippen LogP contribution is 2.21. The smallest absolute Gasteiger partial charge is 0.240 e. The molecule has 1 saturated heterocycles. The summed E-state index contributed by atoms with van der Waals surface area (Å²) in [4.78, 5) is 15.8. The zero-order valence-corrected chi connectivity index (χ0v) is 10.8. The van der Waals surface area contributed by atoms with E-state index in [9.17, 15) is 9.90 Å². The predicted molar refractivity (Wildman–Crippen MR) is 64.1 cm³/mol. The van der Waals surface area contributed by atoms with E-state index in [2.05, 4.69) is 0 Å². The molecule has 1 aliphatic rings. The fourth-order valence-electron chi connectivity index (χ4n) is 2.28. The number of carbonyl (C=O) groups excluding carboxylic acids is 1. The third kappa shape index (κ3) is 3.42. The molecule has 0 aromatic rings. The van der Waals surface area contributed by atoms with Crippen molar-refractivity contribution in [3.05, 3.63) is 0 Å². The number of hydrogen-bond donors (Lipinski definition) is 1. The van der Waals surface area contributed by atoms with Crippen molar-refractivity contribution in [3.63, 3.8) is 0 Å². The maximum Gasteiger partial charge on any atom is 0.240 e. The van der Waals surface area contributed by atoms with Crippen LogP contribution in [0, 0.1) is 17.2 Å². The summed E-state index contributed by atoms with van der Waals surface area (Å²) in [6.45, 7) is 2.92. The molecule has 1 N–H and O–H groups in total. The second kappa shape index (κ2) is 5.99. The van der Waals surface area contributed by atoms with Gasteiger partial charge < -0.3 is 14.9 Å². The van der Waals surface area contributed by atoms with Crippen molar-refractivity contribution < 1.29 is 9.90 Å². The van der Waals surface area contributed by atoms with E-state index in [1.165, 1.54) is 0 Å². The lowest BCUT2D eigenvalue weighted by Crippen LogP contribution is -2.43. The number of amides is 1. The fraction of sp³-hybridized carbons (Fsp3) is 0.833. The summed E-state index contributed by atoms with van der Waals surface area (Å²) in [6, 6.07) is 2.05. The van der Waals surface area contributed by atoms with Crippen molar-refractivity contribution in [2.24, 2.45) is 5.92 Å². The van der Waals surface area contributed by atoms with Gasteiger partial charge in [-0.3, -0.25) is 4.79 Å². The molecule has 5 nitrogen and oxygen atoms in total. The van der Waals surface area contributed by atoms with E-state index < -0.39 is 12.0 Å². The van der Waals surface area contributed by atoms with E-state index in [1.54, 1.807) is 4.90 Å². The zero-order valence-electron chi connectivity index (χ0n) is 10.8. The summed E-state index contributed by atoms with van der Waals surface area (Å²) in [7, 11) is 3.88. The molecule has 0 radical (unpaired) electrons. The SMILES string of the molecule is CCC(C#N)C(=O)N1CC(O)CC1CN(C)C. The number of likely N-dealkylation sites (tertiary alicyclic amines) is 1. The maximum absolute atomic E-state index is 12.1. The fourth-order valence-corrected chi connectivity index (χ4v) is 2.28. The van der Waals surface area contributed by atoms with Crippen LogP contribution in [0.1, 0.15) is 19.8 Å². The highest BCUT2D eigenvalue weighted by molar-refractivity contribution is 5.81. The molecule has 0 aromatic heterocycles. The van der Waals surface area contributed by atoms with E-state index in [-0.39, 0.29) is 11.9 Å². The van der Waals surface area contributed by atoms with Crippen LogP contribution >= 0.6 is 0 Å². The van der Waals surface area contributed by atoms with Crippen molar-refractivity contribution in [2.75, 3.05) is 27.2 Å². The number of aliphatic hydroxyl groups is 1. The number of β-amino-alcohol motifs (C(OH)–C–C–N with tert-alkyl or cyclic N) is 1. The lowest BCUT2D eigenvalue weighted by atomic mass is 10.1. The third-order valence-corrected chi connectivity index (χ3v) is 3.11. The van der Waals surface area contributed by atoms with Crippen molar-refractivity contribution in [1.82, 2.24) is 9.80 Å². The number of aliphatic hydroxyl groups excluding tert-OH is 1. The van der Waals surface area contributed by atoms with Gasteiger partial charge in [0.15, 0.2) is 0 Å². The van der Waals surface area contributed by atoms with Gasteiger partial charge in [0.1, 0.15) is 5.92 Å². The van der Waals surface area contributed by atoms with Gasteiger partial charge in [0, 0.05) is 19.1 Å². The molecular formula is C12H21N3O2. The minimum atomic E-state index is -0.579. The predicted octanol–water partition coefficient (Wildman–Crippen LogP) is 0.0596. The Balaban J connectivity index is 2.73. The molecule has 0 aliphatic carbocycles. The van der Waals surface area contributed by atoms with Crippen LogP contribution in [0.4, 0.5) is 0 Å². The number of nitriles is 1. The molecule has 0 saturated carbocycles. The molecule has 1 aliphatic heterocycles. The van der Waals surface area contributed by atoms with E-state index in [0.717, 1.165) is 6.54 Å². The summed E-state index contributed by atoms with van der Waals surface area (Å²) in [5, 5.41) is 18.6. The van der Waals surface area contributed by atoms with Crippen LogP contribution in [0.2, 0.25) is 0 Å². The van der Waals surface area contributed by atoms with E-state index in [0.29, 0.717) is 19.4 Å². The normalized spacial score (nSPS) is 26.0. The monoisotopic (exact) mass is 239 g/mol. The first-order valence-corrected chi connectivity index (χ1v) is 6.02. The Hall–Kier alpha value is -1.12. The van der Waals surface area contributed by atoms with Crippen molar-refractivity contribution in [1.29, 1.82) is 5.26 Å². The number of likely N-dealkylation sites (N-methyl/N-ethyl adjacent to an activating group) is 1. The number of nitrogens with zero attached hydrogens (tertiary/aromatic N) is 3. The summed E-state index contributed by atoms with van der Waals surface area (Å²) in [5.41, 5.74) is 0. The average molecular weight is 239 g/mol. The Labute approximate surface area is 103 Å². The summed E-state index contributed by atoms with van der Waals surface area (Å²) in [6.07, 6.45) is 0.669. The first-order valence-electron chi connectivity index (χ1n) is 6.02. The molecule has 96 valence electrons. The molecule has 3 unspecified atom stereocenters. The molecule has 0 bridgehead atoms. The highest BCUT2D eigenvalue weighted by atomic mass is 16.3. The van der Waals surface area contributed by atoms with Crippen molar-refractivity contribution >= 4 is 5.91 Å². The van der Waals surface area contributed by atoms with Gasteiger partial charge in [0.05, 0.1) is 12.2 Å². The Morgan fingerprint density at radius 1 is 1.65 bits per heavy atom. The van der Waals surface area contributed by atoms with E-state index in [4.69, 9.17) is 5.26 Å². The molecule has 5 heteroatoms. The van der Waals surface area contributed by atoms with Crippen LogP contribution in [0.3, 0.4) is 0 Å². The second-order valence-electron chi connectivity index (χ2n) is 4.89. The lowest BCUT2D eigenvalue weighted by Gasteiger charge is -2.28. The Kier molecular flexibility index (Phi) is 4.91. The molecule has 17 heavy (non-hydrogen) atoms. The zero-order chi connectivity index (χ0) is 13.0. The quantitative estimate of drug-likeness (QED) is 0.753. The highest BCUT2D eigenvalue weighted by Gasteiger charge is 2.36. The average Bonchev–Trinajstić information content (AvgIpc) is 2.60.